The Labute approximate surface area is 119 Å². The van der Waals surface area contributed by atoms with Crippen LogP contribution in [0.3, 0.4) is 0 Å². The summed E-state index contributed by atoms with van der Waals surface area (Å²) >= 11 is 0. The molecule has 1 amide bonds. The van der Waals surface area contributed by atoms with Crippen LogP contribution in [0.1, 0.15) is 43.0 Å². The minimum Gasteiger partial charge on any atom is -0.352 e. The fourth-order valence-corrected chi connectivity index (χ4v) is 1.92. The van der Waals surface area contributed by atoms with Gasteiger partial charge in [-0.3, -0.25) is 9.36 Å². The molecule has 0 aromatic carbocycles. The number of hydrogen-bond acceptors (Lipinski definition) is 3. The van der Waals surface area contributed by atoms with Crippen molar-refractivity contribution >= 4 is 5.91 Å². The molecule has 2 rings (SSSR count). The monoisotopic (exact) mass is 272 g/mol. The van der Waals surface area contributed by atoms with Crippen molar-refractivity contribution in [2.45, 2.75) is 32.6 Å². The lowest BCUT2D eigenvalue weighted by Crippen LogP contribution is -2.24. The quantitative estimate of drug-likeness (QED) is 0.788. The van der Waals surface area contributed by atoms with Crippen LogP contribution < -0.4 is 5.32 Å². The summed E-state index contributed by atoms with van der Waals surface area (Å²) in [6, 6.07) is 3.59. The van der Waals surface area contributed by atoms with Gasteiger partial charge in [0.2, 0.25) is 0 Å². The van der Waals surface area contributed by atoms with Gasteiger partial charge in [-0.1, -0.05) is 26.2 Å². The molecule has 5 heteroatoms. The van der Waals surface area contributed by atoms with Gasteiger partial charge in [-0.25, -0.2) is 9.97 Å². The average molecular weight is 272 g/mol. The molecule has 0 aliphatic rings. The second-order valence-electron chi connectivity index (χ2n) is 4.69. The predicted molar refractivity (Wildman–Crippen MR) is 77.8 cm³/mol. The zero-order chi connectivity index (χ0) is 14.2. The zero-order valence-electron chi connectivity index (χ0n) is 11.7. The number of unbranched alkanes of at least 4 members (excludes halogenated alkanes) is 3. The third-order valence-corrected chi connectivity index (χ3v) is 3.09. The highest BCUT2D eigenvalue weighted by Crippen LogP contribution is 2.05. The van der Waals surface area contributed by atoms with Crippen molar-refractivity contribution in [2.24, 2.45) is 0 Å². The molecule has 0 atom stereocenters. The van der Waals surface area contributed by atoms with Crippen molar-refractivity contribution in [3.63, 3.8) is 0 Å². The maximum Gasteiger partial charge on any atom is 0.252 e. The lowest BCUT2D eigenvalue weighted by Gasteiger charge is -2.06. The van der Waals surface area contributed by atoms with Crippen molar-refractivity contribution < 1.29 is 4.79 Å². The van der Waals surface area contributed by atoms with Gasteiger partial charge in [-0.05, 0) is 18.6 Å². The topological polar surface area (TPSA) is 59.8 Å². The van der Waals surface area contributed by atoms with Gasteiger partial charge >= 0.3 is 0 Å². The predicted octanol–water partition coefficient (Wildman–Crippen LogP) is 2.58. The summed E-state index contributed by atoms with van der Waals surface area (Å²) in [5.41, 5.74) is 0.587. The van der Waals surface area contributed by atoms with E-state index in [2.05, 4.69) is 22.2 Å². The van der Waals surface area contributed by atoms with Crippen LogP contribution in [0.2, 0.25) is 0 Å². The normalized spacial score (nSPS) is 10.4. The fraction of sp³-hybridized carbons (Fsp3) is 0.400. The van der Waals surface area contributed by atoms with Gasteiger partial charge in [0.05, 0.1) is 5.56 Å². The fourth-order valence-electron chi connectivity index (χ4n) is 1.92. The lowest BCUT2D eigenvalue weighted by atomic mass is 10.2. The molecule has 106 valence electrons. The van der Waals surface area contributed by atoms with E-state index in [-0.39, 0.29) is 5.91 Å². The van der Waals surface area contributed by atoms with Crippen molar-refractivity contribution in [1.29, 1.82) is 0 Å². The van der Waals surface area contributed by atoms with Crippen LogP contribution in [-0.2, 0) is 0 Å². The van der Waals surface area contributed by atoms with Gasteiger partial charge in [-0.15, -0.1) is 0 Å². The Balaban J connectivity index is 1.85. The first-order chi connectivity index (χ1) is 9.81. The van der Waals surface area contributed by atoms with Crippen molar-refractivity contribution in [3.8, 4) is 5.82 Å². The van der Waals surface area contributed by atoms with Crippen LogP contribution in [0.5, 0.6) is 0 Å². The number of imidazole rings is 1. The third-order valence-electron chi connectivity index (χ3n) is 3.09. The summed E-state index contributed by atoms with van der Waals surface area (Å²) in [5.74, 6) is 0.688. The average Bonchev–Trinajstić information content (AvgIpc) is 3.01. The summed E-state index contributed by atoms with van der Waals surface area (Å²) in [5, 5.41) is 2.91. The molecule has 0 saturated heterocycles. The first-order valence-electron chi connectivity index (χ1n) is 7.04. The molecule has 0 unspecified atom stereocenters. The molecule has 0 fully saturated rings. The van der Waals surface area contributed by atoms with Crippen molar-refractivity contribution in [1.82, 2.24) is 19.9 Å². The first kappa shape index (κ1) is 14.2. The maximum absolute atomic E-state index is 11.9. The minimum absolute atomic E-state index is 0.0637. The maximum atomic E-state index is 11.9. The van der Waals surface area contributed by atoms with Crippen LogP contribution in [-0.4, -0.2) is 27.0 Å². The Morgan fingerprint density at radius 2 is 2.20 bits per heavy atom. The number of hydrogen-bond donors (Lipinski definition) is 1. The molecule has 0 aliphatic carbocycles. The molecule has 5 nitrogen and oxygen atoms in total. The number of carbonyl (C=O) groups excluding carboxylic acids is 1. The Morgan fingerprint density at radius 3 is 2.85 bits per heavy atom. The molecule has 2 aromatic rings. The summed E-state index contributed by atoms with van der Waals surface area (Å²) in [6.07, 6.45) is 11.4. The van der Waals surface area contributed by atoms with Crippen molar-refractivity contribution in [3.05, 3.63) is 42.6 Å². The molecule has 1 N–H and O–H groups in total. The largest absolute Gasteiger partial charge is 0.352 e. The zero-order valence-corrected chi connectivity index (χ0v) is 11.7. The molecular weight excluding hydrogens is 252 g/mol. The third kappa shape index (κ3) is 3.91. The van der Waals surface area contributed by atoms with Gasteiger partial charge in [0.1, 0.15) is 12.1 Å². The molecule has 0 radical (unpaired) electrons. The summed E-state index contributed by atoms with van der Waals surface area (Å²) in [7, 11) is 0. The number of rotatable bonds is 7. The highest BCUT2D eigenvalue weighted by Gasteiger charge is 2.05. The Morgan fingerprint density at radius 1 is 1.30 bits per heavy atom. The smallest absolute Gasteiger partial charge is 0.252 e. The number of pyridine rings is 1. The van der Waals surface area contributed by atoms with Crippen LogP contribution in [0, 0.1) is 0 Å². The Bertz CT molecular complexity index is 519. The minimum atomic E-state index is -0.0637. The second-order valence-corrected chi connectivity index (χ2v) is 4.69. The van der Waals surface area contributed by atoms with E-state index < -0.39 is 0 Å². The van der Waals surface area contributed by atoms with Gasteiger partial charge in [-0.2, -0.15) is 0 Å². The number of aromatic nitrogens is 3. The van der Waals surface area contributed by atoms with E-state index in [0.717, 1.165) is 25.2 Å². The molecule has 2 heterocycles. The van der Waals surface area contributed by atoms with Gasteiger partial charge in [0, 0.05) is 25.1 Å². The Kier molecular flexibility index (Phi) is 5.29. The number of nitrogens with zero attached hydrogens (tertiary/aromatic N) is 3. The summed E-state index contributed by atoms with van der Waals surface area (Å²) in [4.78, 5) is 20.1. The van der Waals surface area contributed by atoms with Crippen LogP contribution in [0.15, 0.2) is 37.1 Å². The van der Waals surface area contributed by atoms with Crippen LogP contribution in [0.25, 0.3) is 5.82 Å². The van der Waals surface area contributed by atoms with Crippen LogP contribution in [0.4, 0.5) is 0 Å². The SMILES string of the molecule is CCCCCCNC(=O)c1ccc(-n2ccnc2)nc1. The Hall–Kier alpha value is -2.17. The molecule has 20 heavy (non-hydrogen) atoms. The molecular formula is C15H20N4O. The van der Waals surface area contributed by atoms with Gasteiger partial charge in [0.25, 0.3) is 5.91 Å². The van der Waals surface area contributed by atoms with E-state index in [1.165, 1.54) is 12.8 Å². The number of amides is 1. The number of carbonyl (C=O) groups is 1. The van der Waals surface area contributed by atoms with Crippen LogP contribution >= 0.6 is 0 Å². The van der Waals surface area contributed by atoms with E-state index >= 15 is 0 Å². The van der Waals surface area contributed by atoms with E-state index in [1.807, 2.05) is 12.3 Å². The van der Waals surface area contributed by atoms with E-state index in [1.54, 1.807) is 29.4 Å². The molecule has 0 saturated carbocycles. The molecule has 0 spiro atoms. The van der Waals surface area contributed by atoms with E-state index in [0.29, 0.717) is 5.56 Å². The van der Waals surface area contributed by atoms with E-state index in [4.69, 9.17) is 0 Å². The molecule has 0 aliphatic heterocycles. The highest BCUT2D eigenvalue weighted by atomic mass is 16.1. The summed E-state index contributed by atoms with van der Waals surface area (Å²) < 4.78 is 1.80. The lowest BCUT2D eigenvalue weighted by molar-refractivity contribution is 0.0952. The van der Waals surface area contributed by atoms with E-state index in [9.17, 15) is 4.79 Å². The molecule has 2 aromatic heterocycles. The summed E-state index contributed by atoms with van der Waals surface area (Å²) in [6.45, 7) is 2.90. The van der Waals surface area contributed by atoms with Gasteiger partial charge < -0.3 is 5.32 Å². The highest BCUT2D eigenvalue weighted by molar-refractivity contribution is 5.93. The first-order valence-corrected chi connectivity index (χ1v) is 7.04. The van der Waals surface area contributed by atoms with Gasteiger partial charge in [0.15, 0.2) is 0 Å². The second kappa shape index (κ2) is 7.43. The number of nitrogens with one attached hydrogen (secondary N) is 1. The molecule has 0 bridgehead atoms. The standard InChI is InChI=1S/C15H20N4O/c1-2-3-4-5-8-17-15(20)13-6-7-14(18-11-13)19-10-9-16-12-19/h6-7,9-12H,2-5,8H2,1H3,(H,17,20). The van der Waals surface area contributed by atoms with Crippen molar-refractivity contribution in [2.75, 3.05) is 6.54 Å².